The summed E-state index contributed by atoms with van der Waals surface area (Å²) in [5.41, 5.74) is 1.81. The van der Waals surface area contributed by atoms with Crippen molar-refractivity contribution in [2.24, 2.45) is 0 Å². The first-order chi connectivity index (χ1) is 12.8. The van der Waals surface area contributed by atoms with Gasteiger partial charge in [-0.05, 0) is 36.2 Å². The molecule has 0 saturated heterocycles. The Morgan fingerprint density at radius 3 is 2.22 bits per heavy atom. The summed E-state index contributed by atoms with van der Waals surface area (Å²) >= 11 is 0. The molecule has 144 valence electrons. The Morgan fingerprint density at radius 2 is 1.67 bits per heavy atom. The van der Waals surface area contributed by atoms with Crippen LogP contribution in [-0.2, 0) is 26.0 Å². The minimum absolute atomic E-state index is 0.206. The van der Waals surface area contributed by atoms with Gasteiger partial charge in [0.15, 0.2) is 0 Å². The highest BCUT2D eigenvalue weighted by Gasteiger charge is 2.20. The molecular formula is C19H22N2O5S. The maximum atomic E-state index is 12.2. The number of nitrogens with one attached hydrogen (secondary N) is 1. The minimum atomic E-state index is -3.53. The molecule has 7 nitrogen and oxygen atoms in total. The van der Waals surface area contributed by atoms with Crippen LogP contribution in [0.5, 0.6) is 0 Å². The molecule has 0 spiro atoms. The third-order valence-corrected chi connectivity index (χ3v) is 5.12. The van der Waals surface area contributed by atoms with Gasteiger partial charge in [-0.15, -0.1) is 0 Å². The van der Waals surface area contributed by atoms with Crippen LogP contribution < -0.4 is 5.32 Å². The molecule has 0 radical (unpaired) electrons. The smallest absolute Gasteiger partial charge is 0.337 e. The first kappa shape index (κ1) is 20.6. The van der Waals surface area contributed by atoms with Gasteiger partial charge in [-0.25, -0.2) is 13.2 Å². The van der Waals surface area contributed by atoms with Crippen molar-refractivity contribution in [1.29, 1.82) is 0 Å². The van der Waals surface area contributed by atoms with E-state index in [1.165, 1.54) is 19.2 Å². The Morgan fingerprint density at radius 1 is 1.04 bits per heavy atom. The molecule has 0 aliphatic carbocycles. The first-order valence-corrected chi connectivity index (χ1v) is 10.1. The first-order valence-electron chi connectivity index (χ1n) is 8.27. The fourth-order valence-electron chi connectivity index (χ4n) is 2.43. The Kier molecular flexibility index (Phi) is 7.09. The zero-order chi connectivity index (χ0) is 19.9. The van der Waals surface area contributed by atoms with Crippen molar-refractivity contribution < 1.29 is 22.7 Å². The van der Waals surface area contributed by atoms with E-state index in [0.717, 1.165) is 16.1 Å². The van der Waals surface area contributed by atoms with E-state index in [2.05, 4.69) is 10.1 Å². The average molecular weight is 390 g/mol. The fourth-order valence-corrected chi connectivity index (χ4v) is 3.20. The predicted octanol–water partition coefficient (Wildman–Crippen LogP) is 1.92. The minimum Gasteiger partial charge on any atom is -0.465 e. The Hall–Kier alpha value is -2.71. The number of anilines is 1. The quantitative estimate of drug-likeness (QED) is 0.695. The number of nitrogens with zero attached hydrogens (tertiary/aromatic N) is 1. The molecule has 1 amide bonds. The van der Waals surface area contributed by atoms with Crippen LogP contribution in [-0.4, -0.2) is 51.1 Å². The Bertz CT molecular complexity index is 880. The molecule has 2 rings (SSSR count). The number of sulfonamides is 1. The summed E-state index contributed by atoms with van der Waals surface area (Å²) in [6.07, 6.45) is 1.59. The number of hydrogen-bond donors (Lipinski definition) is 1. The van der Waals surface area contributed by atoms with Crippen molar-refractivity contribution in [2.75, 3.05) is 31.8 Å². The topological polar surface area (TPSA) is 92.8 Å². The zero-order valence-corrected chi connectivity index (χ0v) is 16.0. The monoisotopic (exact) mass is 390 g/mol. The van der Waals surface area contributed by atoms with Crippen molar-refractivity contribution in [3.8, 4) is 0 Å². The molecule has 27 heavy (non-hydrogen) atoms. The third kappa shape index (κ3) is 6.50. The Labute approximate surface area is 159 Å². The number of rotatable bonds is 8. The summed E-state index contributed by atoms with van der Waals surface area (Å²) in [5, 5.41) is 2.63. The van der Waals surface area contributed by atoms with E-state index in [1.807, 2.05) is 30.3 Å². The lowest BCUT2D eigenvalue weighted by molar-refractivity contribution is -0.116. The van der Waals surface area contributed by atoms with Crippen LogP contribution in [0, 0.1) is 0 Å². The molecule has 0 aromatic heterocycles. The standard InChI is InChI=1S/C19H22N2O5S/c1-26-19(23)16-8-10-17(11-9-16)20-18(22)14-21(27(2,24)25)13-12-15-6-4-3-5-7-15/h3-11H,12-14H2,1-2H3,(H,20,22). The number of esters is 1. The average Bonchev–Trinajstić information content (AvgIpc) is 2.65. The molecule has 0 unspecified atom stereocenters. The number of ether oxygens (including phenoxy) is 1. The third-order valence-electron chi connectivity index (χ3n) is 3.87. The number of hydrogen-bond acceptors (Lipinski definition) is 5. The predicted molar refractivity (Wildman–Crippen MR) is 103 cm³/mol. The van der Waals surface area contributed by atoms with E-state index >= 15 is 0 Å². The summed E-state index contributed by atoms with van der Waals surface area (Å²) < 4.78 is 29.7. The summed E-state index contributed by atoms with van der Waals surface area (Å²) in [5.74, 6) is -0.934. The van der Waals surface area contributed by atoms with Gasteiger partial charge in [0, 0.05) is 12.2 Å². The van der Waals surface area contributed by atoms with Gasteiger partial charge in [0.25, 0.3) is 0 Å². The molecule has 0 fully saturated rings. The van der Waals surface area contributed by atoms with Gasteiger partial charge in [0.1, 0.15) is 0 Å². The van der Waals surface area contributed by atoms with Crippen LogP contribution in [0.4, 0.5) is 5.69 Å². The molecular weight excluding hydrogens is 368 g/mol. The van der Waals surface area contributed by atoms with E-state index < -0.39 is 21.9 Å². The van der Waals surface area contributed by atoms with Gasteiger partial charge in [-0.2, -0.15) is 4.31 Å². The highest BCUT2D eigenvalue weighted by atomic mass is 32.2. The van der Waals surface area contributed by atoms with E-state index in [1.54, 1.807) is 12.1 Å². The SMILES string of the molecule is COC(=O)c1ccc(NC(=O)CN(CCc2ccccc2)S(C)(=O)=O)cc1. The molecule has 2 aromatic carbocycles. The Balaban J connectivity index is 1.98. The van der Waals surface area contributed by atoms with Crippen molar-refractivity contribution in [3.05, 3.63) is 65.7 Å². The highest BCUT2D eigenvalue weighted by Crippen LogP contribution is 2.11. The van der Waals surface area contributed by atoms with Gasteiger partial charge in [0.2, 0.25) is 15.9 Å². The molecule has 1 N–H and O–H groups in total. The molecule has 0 aliphatic rings. The maximum Gasteiger partial charge on any atom is 0.337 e. The lowest BCUT2D eigenvalue weighted by Gasteiger charge is -2.19. The van der Waals surface area contributed by atoms with Gasteiger partial charge in [-0.1, -0.05) is 30.3 Å². The van der Waals surface area contributed by atoms with E-state index in [9.17, 15) is 18.0 Å². The van der Waals surface area contributed by atoms with Crippen molar-refractivity contribution in [3.63, 3.8) is 0 Å². The van der Waals surface area contributed by atoms with Crippen LogP contribution >= 0.6 is 0 Å². The lowest BCUT2D eigenvalue weighted by atomic mass is 10.1. The van der Waals surface area contributed by atoms with Crippen molar-refractivity contribution in [2.45, 2.75) is 6.42 Å². The molecule has 0 aliphatic heterocycles. The number of amides is 1. The van der Waals surface area contributed by atoms with E-state index in [0.29, 0.717) is 17.7 Å². The normalized spacial score (nSPS) is 11.2. The maximum absolute atomic E-state index is 12.2. The molecule has 0 bridgehead atoms. The second-order valence-electron chi connectivity index (χ2n) is 5.95. The summed E-state index contributed by atoms with van der Waals surface area (Å²) in [6, 6.07) is 15.6. The molecule has 8 heteroatoms. The van der Waals surface area contributed by atoms with E-state index in [-0.39, 0.29) is 13.1 Å². The number of methoxy groups -OCH3 is 1. The van der Waals surface area contributed by atoms with Gasteiger partial charge < -0.3 is 10.1 Å². The molecule has 2 aromatic rings. The molecule has 0 heterocycles. The van der Waals surface area contributed by atoms with Crippen LogP contribution in [0.2, 0.25) is 0 Å². The van der Waals surface area contributed by atoms with Crippen LogP contribution in [0.15, 0.2) is 54.6 Å². The number of carbonyl (C=O) groups is 2. The highest BCUT2D eigenvalue weighted by molar-refractivity contribution is 7.88. The summed E-state index contributed by atoms with van der Waals surface area (Å²) in [4.78, 5) is 23.7. The lowest BCUT2D eigenvalue weighted by Crippen LogP contribution is -2.38. The summed E-state index contributed by atoms with van der Waals surface area (Å²) in [7, 11) is -2.25. The zero-order valence-electron chi connectivity index (χ0n) is 15.2. The van der Waals surface area contributed by atoms with Crippen LogP contribution in [0.25, 0.3) is 0 Å². The molecule has 0 atom stereocenters. The number of carbonyl (C=O) groups excluding carboxylic acids is 2. The van der Waals surface area contributed by atoms with Gasteiger partial charge >= 0.3 is 5.97 Å². The van der Waals surface area contributed by atoms with Crippen molar-refractivity contribution in [1.82, 2.24) is 4.31 Å². The van der Waals surface area contributed by atoms with Crippen LogP contribution in [0.3, 0.4) is 0 Å². The van der Waals surface area contributed by atoms with Crippen LogP contribution in [0.1, 0.15) is 15.9 Å². The second kappa shape index (κ2) is 9.29. The van der Waals surface area contributed by atoms with Crippen molar-refractivity contribution >= 4 is 27.6 Å². The van der Waals surface area contributed by atoms with Gasteiger partial charge in [-0.3, -0.25) is 4.79 Å². The largest absolute Gasteiger partial charge is 0.465 e. The molecule has 0 saturated carbocycles. The van der Waals surface area contributed by atoms with Gasteiger partial charge in [0.05, 0.1) is 25.5 Å². The summed E-state index contributed by atoms with van der Waals surface area (Å²) in [6.45, 7) is -0.0814. The fraction of sp³-hybridized carbons (Fsp3) is 0.263. The number of benzene rings is 2. The van der Waals surface area contributed by atoms with E-state index in [4.69, 9.17) is 0 Å². The second-order valence-corrected chi connectivity index (χ2v) is 7.93.